The van der Waals surface area contributed by atoms with Crippen LogP contribution in [0.3, 0.4) is 0 Å². The summed E-state index contributed by atoms with van der Waals surface area (Å²) in [5.74, 6) is -1.17. The third-order valence-electron chi connectivity index (χ3n) is 2.87. The van der Waals surface area contributed by atoms with E-state index in [1.165, 1.54) is 0 Å². The molecule has 1 unspecified atom stereocenters. The molecule has 0 aliphatic heterocycles. The fourth-order valence-corrected chi connectivity index (χ4v) is 2.56. The molecule has 23 heavy (non-hydrogen) atoms. The number of esters is 1. The number of aliphatic hydroxyl groups excluding tert-OH is 1. The van der Waals surface area contributed by atoms with Crippen LogP contribution >= 0.6 is 0 Å². The number of ether oxygens (including phenoxy) is 1. The molecular formula is C13H24Na2O7S. The van der Waals surface area contributed by atoms with Crippen LogP contribution < -0.4 is 0 Å². The molecule has 0 aliphatic carbocycles. The minimum Gasteiger partial charge on any atom is -0.459 e. The largest absolute Gasteiger partial charge is 0.459 e. The predicted molar refractivity (Wildman–Crippen MR) is 88.5 cm³/mol. The molecular weight excluding hydrogens is 346 g/mol. The van der Waals surface area contributed by atoms with Crippen molar-refractivity contribution >= 4 is 75.2 Å². The van der Waals surface area contributed by atoms with Crippen molar-refractivity contribution in [2.75, 3.05) is 6.61 Å². The molecule has 1 atom stereocenters. The summed E-state index contributed by atoms with van der Waals surface area (Å²) in [5, 5.41) is 15.4. The fourth-order valence-electron chi connectivity index (χ4n) is 1.79. The van der Waals surface area contributed by atoms with Crippen molar-refractivity contribution in [2.24, 2.45) is 0 Å². The van der Waals surface area contributed by atoms with Crippen molar-refractivity contribution in [2.45, 2.75) is 56.5 Å². The molecule has 0 saturated heterocycles. The van der Waals surface area contributed by atoms with Crippen LogP contribution in [0.15, 0.2) is 12.7 Å². The molecule has 0 bridgehead atoms. The number of hydrogen-bond donors (Lipinski definition) is 3. The van der Waals surface area contributed by atoms with Gasteiger partial charge in [0.05, 0.1) is 0 Å². The Balaban J connectivity index is -0.00000200. The number of carbonyl (C=O) groups excluding carboxylic acids is 1. The Morgan fingerprint density at radius 2 is 1.61 bits per heavy atom. The van der Waals surface area contributed by atoms with Crippen molar-refractivity contribution in [3.63, 3.8) is 0 Å². The smallest absolute Gasteiger partial charge is 0.327 e. The van der Waals surface area contributed by atoms with Gasteiger partial charge in [0, 0.05) is 59.1 Å². The Morgan fingerprint density at radius 1 is 1.09 bits per heavy atom. The van der Waals surface area contributed by atoms with Gasteiger partial charge in [-0.3, -0.25) is 9.35 Å². The van der Waals surface area contributed by atoms with Crippen LogP contribution in [-0.4, -0.2) is 106 Å². The van der Waals surface area contributed by atoms with Crippen LogP contribution in [0.25, 0.3) is 0 Å². The Labute approximate surface area is 182 Å². The number of aliphatic hydroxyl groups is 2. The van der Waals surface area contributed by atoms with E-state index in [-0.39, 0.29) is 65.5 Å². The number of carbonyl (C=O) groups is 1. The van der Waals surface area contributed by atoms with Gasteiger partial charge < -0.3 is 14.9 Å². The molecule has 0 saturated carbocycles. The summed E-state index contributed by atoms with van der Waals surface area (Å²) in [4.78, 5) is 11.5. The maximum Gasteiger partial charge on any atom is 0.327 e. The molecule has 2 radical (unpaired) electrons. The normalized spacial score (nSPS) is 12.0. The second-order valence-electron chi connectivity index (χ2n) is 4.75. The van der Waals surface area contributed by atoms with Crippen LogP contribution in [0.2, 0.25) is 0 Å². The van der Waals surface area contributed by atoms with E-state index in [1.54, 1.807) is 0 Å². The number of rotatable bonds is 12. The zero-order valence-corrected chi connectivity index (χ0v) is 18.8. The maximum atomic E-state index is 11.5. The maximum absolute atomic E-state index is 11.5. The Hall–Kier alpha value is 1.04. The van der Waals surface area contributed by atoms with Gasteiger partial charge in [-0.15, -0.1) is 6.58 Å². The molecule has 7 nitrogen and oxygen atoms in total. The van der Waals surface area contributed by atoms with E-state index in [0.29, 0.717) is 6.42 Å². The van der Waals surface area contributed by atoms with Gasteiger partial charge in [-0.1, -0.05) is 31.8 Å². The molecule has 126 valence electrons. The number of hydrogen-bond acceptors (Lipinski definition) is 6. The van der Waals surface area contributed by atoms with Gasteiger partial charge in [-0.25, -0.2) is 0 Å². The van der Waals surface area contributed by atoms with Gasteiger partial charge in [0.25, 0.3) is 10.1 Å². The van der Waals surface area contributed by atoms with Crippen molar-refractivity contribution in [1.29, 1.82) is 0 Å². The molecule has 10 heteroatoms. The minimum absolute atomic E-state index is 0. The van der Waals surface area contributed by atoms with Crippen LogP contribution in [-0.2, 0) is 19.6 Å². The van der Waals surface area contributed by atoms with Crippen LogP contribution in [0, 0.1) is 0 Å². The SMILES string of the molecule is C=CCCCCCCCC(C(=O)OCC(O)O)S(=O)(=O)O.[Na].[Na]. The summed E-state index contributed by atoms with van der Waals surface area (Å²) in [6.45, 7) is 2.88. The second kappa shape index (κ2) is 16.5. The molecule has 0 fully saturated rings. The van der Waals surface area contributed by atoms with Crippen LogP contribution in [0.1, 0.15) is 44.9 Å². The molecule has 3 N–H and O–H groups in total. The molecule has 0 aromatic carbocycles. The van der Waals surface area contributed by atoms with E-state index in [1.807, 2.05) is 6.08 Å². The van der Waals surface area contributed by atoms with E-state index < -0.39 is 34.2 Å². The van der Waals surface area contributed by atoms with E-state index in [9.17, 15) is 13.2 Å². The molecule has 0 amide bonds. The molecule has 0 aliphatic rings. The molecule has 0 heterocycles. The third kappa shape index (κ3) is 16.3. The molecule has 0 aromatic rings. The first-order chi connectivity index (χ1) is 9.79. The first-order valence-corrected chi connectivity index (χ1v) is 8.39. The monoisotopic (exact) mass is 370 g/mol. The van der Waals surface area contributed by atoms with Crippen LogP contribution in [0.5, 0.6) is 0 Å². The topological polar surface area (TPSA) is 121 Å². The Morgan fingerprint density at radius 3 is 2.09 bits per heavy atom. The van der Waals surface area contributed by atoms with Crippen molar-refractivity contribution in [3.8, 4) is 0 Å². The summed E-state index contributed by atoms with van der Waals surface area (Å²) in [7, 11) is -4.56. The van der Waals surface area contributed by atoms with Crippen molar-refractivity contribution in [1.82, 2.24) is 0 Å². The minimum atomic E-state index is -4.56. The van der Waals surface area contributed by atoms with Crippen molar-refractivity contribution in [3.05, 3.63) is 12.7 Å². The number of allylic oxidation sites excluding steroid dienone is 1. The van der Waals surface area contributed by atoms with Gasteiger partial charge in [0.2, 0.25) is 0 Å². The number of unbranched alkanes of at least 4 members (excludes halogenated alkanes) is 5. The second-order valence-corrected chi connectivity index (χ2v) is 6.35. The quantitative estimate of drug-likeness (QED) is 0.112. The Kier molecular flexibility index (Phi) is 20.7. The Bertz CT molecular complexity index is 413. The van der Waals surface area contributed by atoms with Gasteiger partial charge in [-0.2, -0.15) is 8.42 Å². The predicted octanol–water partition coefficient (Wildman–Crippen LogP) is 0.252. The molecule has 0 rings (SSSR count). The summed E-state index contributed by atoms with van der Waals surface area (Å²) >= 11 is 0. The standard InChI is InChI=1S/C13H24O7S.2Na/c1-2-3-4-5-6-7-8-9-11(21(17,18)19)13(16)20-10-12(14)15;;/h2,11-12,14-15H,1,3-10H2,(H,17,18,19);;. The summed E-state index contributed by atoms with van der Waals surface area (Å²) in [6.07, 6.45) is 4.93. The third-order valence-corrected chi connectivity index (χ3v) is 4.02. The summed E-state index contributed by atoms with van der Waals surface area (Å²) in [6, 6.07) is 0. The van der Waals surface area contributed by atoms with Gasteiger partial charge in [-0.05, 0) is 19.3 Å². The first kappa shape index (κ1) is 28.8. The van der Waals surface area contributed by atoms with E-state index in [2.05, 4.69) is 11.3 Å². The zero-order chi connectivity index (χ0) is 16.3. The molecule has 0 aromatic heterocycles. The fraction of sp³-hybridized carbons (Fsp3) is 0.769. The van der Waals surface area contributed by atoms with E-state index in [0.717, 1.165) is 32.1 Å². The van der Waals surface area contributed by atoms with Gasteiger partial charge >= 0.3 is 5.97 Å². The van der Waals surface area contributed by atoms with Crippen LogP contribution in [0.4, 0.5) is 0 Å². The first-order valence-electron chi connectivity index (χ1n) is 6.89. The van der Waals surface area contributed by atoms with Gasteiger partial charge in [0.1, 0.15) is 6.61 Å². The summed E-state index contributed by atoms with van der Waals surface area (Å²) in [5.41, 5.74) is 0. The van der Waals surface area contributed by atoms with E-state index in [4.69, 9.17) is 14.8 Å². The average Bonchev–Trinajstić information content (AvgIpc) is 2.37. The zero-order valence-electron chi connectivity index (χ0n) is 14.0. The molecule has 0 spiro atoms. The average molecular weight is 370 g/mol. The van der Waals surface area contributed by atoms with Crippen molar-refractivity contribution < 1.29 is 32.7 Å². The van der Waals surface area contributed by atoms with E-state index >= 15 is 0 Å². The van der Waals surface area contributed by atoms with Gasteiger partial charge in [0.15, 0.2) is 11.5 Å². The summed E-state index contributed by atoms with van der Waals surface area (Å²) < 4.78 is 35.7.